The first-order chi connectivity index (χ1) is 10.3. The fraction of sp³-hybridized carbons (Fsp3) is 0.188. The number of pyridine rings is 1. The van der Waals surface area contributed by atoms with Gasteiger partial charge in [0.25, 0.3) is 0 Å². The van der Waals surface area contributed by atoms with Crippen LogP contribution < -0.4 is 10.1 Å². The molecular formula is C16H16N4O. The number of aryl methyl sites for hydroxylation is 1. The van der Waals surface area contributed by atoms with Crippen LogP contribution in [-0.4, -0.2) is 22.1 Å². The molecule has 0 aliphatic heterocycles. The number of rotatable bonds is 4. The third-order valence-electron chi connectivity index (χ3n) is 3.21. The van der Waals surface area contributed by atoms with Gasteiger partial charge in [-0.15, -0.1) is 0 Å². The first-order valence-corrected chi connectivity index (χ1v) is 6.71. The number of nitrogens with zero attached hydrogens (tertiary/aromatic N) is 3. The van der Waals surface area contributed by atoms with Crippen molar-refractivity contribution < 1.29 is 4.74 Å². The molecule has 0 unspecified atom stereocenters. The molecule has 3 aromatic rings. The van der Waals surface area contributed by atoms with Gasteiger partial charge in [0, 0.05) is 18.1 Å². The molecule has 1 N–H and O–H groups in total. The quantitative estimate of drug-likeness (QED) is 0.796. The van der Waals surface area contributed by atoms with Crippen LogP contribution in [0.25, 0.3) is 10.9 Å². The van der Waals surface area contributed by atoms with Crippen molar-refractivity contribution in [3.8, 4) is 5.75 Å². The van der Waals surface area contributed by atoms with E-state index >= 15 is 0 Å². The minimum atomic E-state index is 0.672. The highest BCUT2D eigenvalue weighted by atomic mass is 16.5. The second-order valence-corrected chi connectivity index (χ2v) is 4.72. The summed E-state index contributed by atoms with van der Waals surface area (Å²) in [5.74, 6) is 2.40. The zero-order valence-electron chi connectivity index (χ0n) is 12.0. The van der Waals surface area contributed by atoms with E-state index in [2.05, 4.69) is 20.3 Å². The number of aromatic nitrogens is 3. The number of hydrogen-bond donors (Lipinski definition) is 1. The lowest BCUT2D eigenvalue weighted by Gasteiger charge is -2.10. The van der Waals surface area contributed by atoms with Crippen LogP contribution in [0.2, 0.25) is 0 Å². The molecule has 0 saturated carbocycles. The molecule has 0 fully saturated rings. The predicted octanol–water partition coefficient (Wildman–Crippen LogP) is 2.95. The molecule has 0 radical (unpaired) electrons. The van der Waals surface area contributed by atoms with Crippen LogP contribution in [0.1, 0.15) is 11.4 Å². The highest BCUT2D eigenvalue weighted by Gasteiger charge is 2.05. The number of ether oxygens (including phenoxy) is 1. The fourth-order valence-electron chi connectivity index (χ4n) is 2.20. The predicted molar refractivity (Wildman–Crippen MR) is 82.4 cm³/mol. The summed E-state index contributed by atoms with van der Waals surface area (Å²) in [6.45, 7) is 2.55. The van der Waals surface area contributed by atoms with Gasteiger partial charge in [0.15, 0.2) is 0 Å². The van der Waals surface area contributed by atoms with Crippen LogP contribution in [0, 0.1) is 6.92 Å². The molecule has 106 valence electrons. The molecule has 0 atom stereocenters. The third kappa shape index (κ3) is 2.91. The minimum absolute atomic E-state index is 0.672. The van der Waals surface area contributed by atoms with Gasteiger partial charge < -0.3 is 10.1 Å². The highest BCUT2D eigenvalue weighted by molar-refractivity contribution is 5.88. The van der Waals surface area contributed by atoms with E-state index in [0.29, 0.717) is 6.54 Å². The summed E-state index contributed by atoms with van der Waals surface area (Å²) in [5, 5.41) is 4.33. The molecule has 0 amide bonds. The molecule has 0 saturated heterocycles. The van der Waals surface area contributed by atoms with Crippen molar-refractivity contribution in [2.24, 2.45) is 0 Å². The maximum atomic E-state index is 5.23. The van der Waals surface area contributed by atoms with E-state index in [1.807, 2.05) is 37.3 Å². The van der Waals surface area contributed by atoms with E-state index in [0.717, 1.165) is 33.9 Å². The lowest BCUT2D eigenvalue weighted by atomic mass is 10.2. The molecule has 0 spiro atoms. The van der Waals surface area contributed by atoms with Gasteiger partial charge in [-0.25, -0.2) is 9.97 Å². The van der Waals surface area contributed by atoms with Crippen LogP contribution >= 0.6 is 0 Å². The molecule has 0 aliphatic rings. The van der Waals surface area contributed by atoms with Crippen LogP contribution in [0.15, 0.2) is 42.7 Å². The van der Waals surface area contributed by atoms with Crippen molar-refractivity contribution in [2.75, 3.05) is 12.4 Å². The normalized spacial score (nSPS) is 10.6. The number of hydrogen-bond acceptors (Lipinski definition) is 5. The third-order valence-corrected chi connectivity index (χ3v) is 3.21. The number of anilines is 1. The Morgan fingerprint density at radius 1 is 1.19 bits per heavy atom. The standard InChI is InChI=1S/C16H16N4O/c1-11-19-15-10-17-7-6-14(15)16(20-11)18-9-12-4-3-5-13(8-12)21-2/h3-8,10H,9H2,1-2H3,(H,18,19,20). The Kier molecular flexibility index (Phi) is 3.64. The second kappa shape index (κ2) is 5.75. The van der Waals surface area contributed by atoms with Gasteiger partial charge >= 0.3 is 0 Å². The Bertz CT molecular complexity index is 773. The van der Waals surface area contributed by atoms with E-state index in [1.54, 1.807) is 19.5 Å². The monoisotopic (exact) mass is 280 g/mol. The van der Waals surface area contributed by atoms with Gasteiger partial charge in [-0.1, -0.05) is 12.1 Å². The first-order valence-electron chi connectivity index (χ1n) is 6.71. The molecule has 0 aliphatic carbocycles. The van der Waals surface area contributed by atoms with Gasteiger partial charge in [-0.05, 0) is 30.7 Å². The zero-order chi connectivity index (χ0) is 14.7. The number of benzene rings is 1. The summed E-state index contributed by atoms with van der Waals surface area (Å²) in [7, 11) is 1.67. The van der Waals surface area contributed by atoms with Gasteiger partial charge in [0.1, 0.15) is 17.4 Å². The molecular weight excluding hydrogens is 264 g/mol. The highest BCUT2D eigenvalue weighted by Crippen LogP contribution is 2.20. The first kappa shape index (κ1) is 13.3. The summed E-state index contributed by atoms with van der Waals surface area (Å²) in [6.07, 6.45) is 3.50. The van der Waals surface area contributed by atoms with E-state index in [9.17, 15) is 0 Å². The second-order valence-electron chi connectivity index (χ2n) is 4.72. The van der Waals surface area contributed by atoms with Crippen molar-refractivity contribution in [2.45, 2.75) is 13.5 Å². The lowest BCUT2D eigenvalue weighted by Crippen LogP contribution is -2.04. The Hall–Kier alpha value is -2.69. The fourth-order valence-corrected chi connectivity index (χ4v) is 2.20. The Balaban J connectivity index is 1.87. The minimum Gasteiger partial charge on any atom is -0.497 e. The van der Waals surface area contributed by atoms with Crippen LogP contribution in [0.4, 0.5) is 5.82 Å². The summed E-state index contributed by atoms with van der Waals surface area (Å²) in [6, 6.07) is 9.88. The van der Waals surface area contributed by atoms with Crippen molar-refractivity contribution in [3.63, 3.8) is 0 Å². The molecule has 1 aromatic carbocycles. The van der Waals surface area contributed by atoms with Crippen LogP contribution in [-0.2, 0) is 6.54 Å². The van der Waals surface area contributed by atoms with Gasteiger partial charge in [0.05, 0.1) is 18.8 Å². The van der Waals surface area contributed by atoms with Crippen molar-refractivity contribution in [1.82, 2.24) is 15.0 Å². The maximum absolute atomic E-state index is 5.23. The number of methoxy groups -OCH3 is 1. The number of nitrogens with one attached hydrogen (secondary N) is 1. The maximum Gasteiger partial charge on any atom is 0.138 e. The summed E-state index contributed by atoms with van der Waals surface area (Å²) >= 11 is 0. The molecule has 3 rings (SSSR count). The van der Waals surface area contributed by atoms with Crippen LogP contribution in [0.5, 0.6) is 5.75 Å². The van der Waals surface area contributed by atoms with Crippen LogP contribution in [0.3, 0.4) is 0 Å². The van der Waals surface area contributed by atoms with Crippen molar-refractivity contribution >= 4 is 16.7 Å². The van der Waals surface area contributed by atoms with E-state index in [4.69, 9.17) is 4.74 Å². The molecule has 0 bridgehead atoms. The lowest BCUT2D eigenvalue weighted by molar-refractivity contribution is 0.414. The topological polar surface area (TPSA) is 59.9 Å². The van der Waals surface area contributed by atoms with Crippen molar-refractivity contribution in [1.29, 1.82) is 0 Å². The SMILES string of the molecule is COc1cccc(CNc2nc(C)nc3cnccc23)c1. The van der Waals surface area contributed by atoms with Gasteiger partial charge in [0.2, 0.25) is 0 Å². The average molecular weight is 280 g/mol. The summed E-state index contributed by atoms with van der Waals surface area (Å²) in [4.78, 5) is 13.0. The molecule has 21 heavy (non-hydrogen) atoms. The molecule has 2 heterocycles. The van der Waals surface area contributed by atoms with Crippen molar-refractivity contribution in [3.05, 3.63) is 54.1 Å². The summed E-state index contributed by atoms with van der Waals surface area (Å²) in [5.41, 5.74) is 1.98. The zero-order valence-corrected chi connectivity index (χ0v) is 12.0. The summed E-state index contributed by atoms with van der Waals surface area (Å²) < 4.78 is 5.23. The van der Waals surface area contributed by atoms with E-state index in [-0.39, 0.29) is 0 Å². The molecule has 5 heteroatoms. The Morgan fingerprint density at radius 2 is 2.10 bits per heavy atom. The van der Waals surface area contributed by atoms with Gasteiger partial charge in [-0.3, -0.25) is 4.98 Å². The Morgan fingerprint density at radius 3 is 2.95 bits per heavy atom. The Labute approximate surface area is 123 Å². The smallest absolute Gasteiger partial charge is 0.138 e. The molecule has 2 aromatic heterocycles. The number of fused-ring (bicyclic) bond motifs is 1. The van der Waals surface area contributed by atoms with E-state index in [1.165, 1.54) is 0 Å². The largest absolute Gasteiger partial charge is 0.497 e. The average Bonchev–Trinajstić information content (AvgIpc) is 2.52. The molecule has 5 nitrogen and oxygen atoms in total. The van der Waals surface area contributed by atoms with Gasteiger partial charge in [-0.2, -0.15) is 0 Å². The van der Waals surface area contributed by atoms with E-state index < -0.39 is 0 Å².